The van der Waals surface area contributed by atoms with Gasteiger partial charge in [0.15, 0.2) is 23.0 Å². The molecule has 154 valence electrons. The van der Waals surface area contributed by atoms with Crippen LogP contribution in [0.15, 0.2) is 24.3 Å². The van der Waals surface area contributed by atoms with Gasteiger partial charge in [0.1, 0.15) is 5.75 Å². The number of esters is 1. The second-order valence-corrected chi connectivity index (χ2v) is 7.65. The first kappa shape index (κ1) is 19.8. The van der Waals surface area contributed by atoms with Crippen molar-refractivity contribution in [1.82, 2.24) is 0 Å². The summed E-state index contributed by atoms with van der Waals surface area (Å²) in [7, 11) is 0. The summed E-state index contributed by atoms with van der Waals surface area (Å²) >= 11 is 0. The van der Waals surface area contributed by atoms with Crippen molar-refractivity contribution >= 4 is 29.0 Å². The number of benzene rings is 2. The number of phenolic OH excluding ortho intramolecular Hbond substituents is 1. The Hall–Kier alpha value is -3.52. The summed E-state index contributed by atoms with van der Waals surface area (Å²) in [6.07, 6.45) is -1.98. The number of aliphatic hydroxyl groups excluding tert-OH is 1. The maximum Gasteiger partial charge on any atom is 0.303 e. The summed E-state index contributed by atoms with van der Waals surface area (Å²) < 4.78 is 5.27. The molecule has 2 aliphatic carbocycles. The Labute approximate surface area is 171 Å². The predicted octanol–water partition coefficient (Wildman–Crippen LogP) is 1.62. The molecular formula is C22H19NO7. The second-order valence-electron chi connectivity index (χ2n) is 7.65. The van der Waals surface area contributed by atoms with E-state index in [1.807, 2.05) is 0 Å². The van der Waals surface area contributed by atoms with Crippen LogP contribution in [0.25, 0.3) is 0 Å². The van der Waals surface area contributed by atoms with Crippen molar-refractivity contribution in [3.05, 3.63) is 57.6 Å². The van der Waals surface area contributed by atoms with Crippen molar-refractivity contribution in [2.45, 2.75) is 38.4 Å². The number of ether oxygens (including phenoxy) is 1. The third kappa shape index (κ3) is 2.57. The molecule has 0 unspecified atom stereocenters. The fourth-order valence-electron chi connectivity index (χ4n) is 4.45. The fraction of sp³-hybridized carbons (Fsp3) is 0.273. The Kier molecular flexibility index (Phi) is 4.28. The Morgan fingerprint density at radius 1 is 1.10 bits per heavy atom. The topological polar surface area (TPSA) is 144 Å². The standard InChI is InChI=1S/C22H19NO7/c1-9(24)22(30-10(2)25)7-13-15(14(26)8-22)21(29)17-16(18(13)23)19(27)11-5-3-4-6-12(11)20(17)28/h3-6,14,26,29H,7-8,23H2,1-2H3/t14-,22-/m1/s1. The van der Waals surface area contributed by atoms with E-state index in [9.17, 15) is 29.4 Å². The highest BCUT2D eigenvalue weighted by molar-refractivity contribution is 6.31. The quantitative estimate of drug-likeness (QED) is 0.329. The van der Waals surface area contributed by atoms with Crippen LogP contribution in [0.5, 0.6) is 5.75 Å². The largest absolute Gasteiger partial charge is 0.507 e. The van der Waals surface area contributed by atoms with Crippen LogP contribution in [0.2, 0.25) is 0 Å². The number of hydrogen-bond acceptors (Lipinski definition) is 8. The molecule has 8 nitrogen and oxygen atoms in total. The van der Waals surface area contributed by atoms with Gasteiger partial charge in [-0.15, -0.1) is 0 Å². The zero-order valence-electron chi connectivity index (χ0n) is 16.3. The van der Waals surface area contributed by atoms with Crippen LogP contribution in [0.3, 0.4) is 0 Å². The van der Waals surface area contributed by atoms with E-state index in [-0.39, 0.29) is 51.9 Å². The fourth-order valence-corrected chi connectivity index (χ4v) is 4.45. The monoisotopic (exact) mass is 409 g/mol. The predicted molar refractivity (Wildman–Crippen MR) is 104 cm³/mol. The number of carbonyl (C=O) groups excluding carboxylic acids is 4. The van der Waals surface area contributed by atoms with E-state index in [1.165, 1.54) is 19.1 Å². The molecular weight excluding hydrogens is 390 g/mol. The van der Waals surface area contributed by atoms with E-state index in [0.29, 0.717) is 0 Å². The lowest BCUT2D eigenvalue weighted by atomic mass is 9.71. The van der Waals surface area contributed by atoms with Crippen molar-refractivity contribution in [1.29, 1.82) is 0 Å². The molecule has 8 heteroatoms. The third-order valence-corrected chi connectivity index (χ3v) is 5.83. The van der Waals surface area contributed by atoms with Crippen LogP contribution in [0.4, 0.5) is 5.69 Å². The maximum atomic E-state index is 13.1. The van der Waals surface area contributed by atoms with Gasteiger partial charge >= 0.3 is 5.97 Å². The number of rotatable bonds is 2. The van der Waals surface area contributed by atoms with Crippen molar-refractivity contribution in [2.24, 2.45) is 0 Å². The number of nitrogens with two attached hydrogens (primary N) is 1. The number of hydrogen-bond donors (Lipinski definition) is 3. The lowest BCUT2D eigenvalue weighted by molar-refractivity contribution is -0.169. The highest BCUT2D eigenvalue weighted by atomic mass is 16.6. The zero-order chi connectivity index (χ0) is 22.0. The van der Waals surface area contributed by atoms with E-state index in [4.69, 9.17) is 10.5 Å². The lowest BCUT2D eigenvalue weighted by Crippen LogP contribution is -2.48. The molecule has 2 aliphatic rings. The van der Waals surface area contributed by atoms with Crippen molar-refractivity contribution in [3.8, 4) is 5.75 Å². The SMILES string of the molecule is CC(=O)O[C@]1(C(C)=O)Cc2c(N)c3c(c(O)c2[C@H](O)C1)C(=O)c1ccccc1C3=O. The lowest BCUT2D eigenvalue weighted by Gasteiger charge is -2.39. The first-order valence-electron chi connectivity index (χ1n) is 9.33. The van der Waals surface area contributed by atoms with Crippen LogP contribution in [0, 0.1) is 0 Å². The number of carbonyl (C=O) groups is 4. The summed E-state index contributed by atoms with van der Waals surface area (Å²) in [5.41, 5.74) is 4.38. The highest BCUT2D eigenvalue weighted by Gasteiger charge is 2.49. The molecule has 2 aromatic carbocycles. The summed E-state index contributed by atoms with van der Waals surface area (Å²) in [6.45, 7) is 2.36. The molecule has 0 aliphatic heterocycles. The smallest absolute Gasteiger partial charge is 0.303 e. The van der Waals surface area contributed by atoms with Gasteiger partial charge in [0.25, 0.3) is 0 Å². The van der Waals surface area contributed by atoms with Gasteiger partial charge in [-0.2, -0.15) is 0 Å². The molecule has 30 heavy (non-hydrogen) atoms. The number of aliphatic hydroxyl groups is 1. The Morgan fingerprint density at radius 3 is 2.20 bits per heavy atom. The Balaban J connectivity index is 1.99. The van der Waals surface area contributed by atoms with Crippen molar-refractivity contribution in [3.63, 3.8) is 0 Å². The average molecular weight is 409 g/mol. The van der Waals surface area contributed by atoms with Gasteiger partial charge in [0, 0.05) is 42.1 Å². The molecule has 2 aromatic rings. The first-order valence-corrected chi connectivity index (χ1v) is 9.33. The average Bonchev–Trinajstić information content (AvgIpc) is 2.67. The minimum absolute atomic E-state index is 0.0317. The third-order valence-electron chi connectivity index (χ3n) is 5.83. The van der Waals surface area contributed by atoms with E-state index in [2.05, 4.69) is 0 Å². The first-order chi connectivity index (χ1) is 14.1. The van der Waals surface area contributed by atoms with Gasteiger partial charge in [-0.1, -0.05) is 24.3 Å². The molecule has 0 saturated carbocycles. The van der Waals surface area contributed by atoms with E-state index in [1.54, 1.807) is 12.1 Å². The summed E-state index contributed by atoms with van der Waals surface area (Å²) in [5, 5.41) is 21.7. The van der Waals surface area contributed by atoms with Gasteiger partial charge < -0.3 is 20.7 Å². The van der Waals surface area contributed by atoms with E-state index >= 15 is 0 Å². The molecule has 0 radical (unpaired) electrons. The molecule has 0 amide bonds. The number of fused-ring (bicyclic) bond motifs is 3. The molecule has 0 bridgehead atoms. The van der Waals surface area contributed by atoms with Crippen LogP contribution in [-0.4, -0.2) is 39.1 Å². The highest BCUT2D eigenvalue weighted by Crippen LogP contribution is 2.49. The van der Waals surface area contributed by atoms with Crippen LogP contribution < -0.4 is 5.73 Å². The van der Waals surface area contributed by atoms with Gasteiger partial charge in [-0.25, -0.2) is 0 Å². The van der Waals surface area contributed by atoms with Crippen LogP contribution in [0.1, 0.15) is 69.3 Å². The van der Waals surface area contributed by atoms with Gasteiger partial charge in [0.05, 0.1) is 17.2 Å². The van der Waals surface area contributed by atoms with Gasteiger partial charge in [0.2, 0.25) is 0 Å². The van der Waals surface area contributed by atoms with E-state index < -0.39 is 40.8 Å². The summed E-state index contributed by atoms with van der Waals surface area (Å²) in [5.74, 6) is -2.90. The second kappa shape index (κ2) is 6.50. The number of aromatic hydroxyl groups is 1. The minimum Gasteiger partial charge on any atom is -0.507 e. The number of anilines is 1. The summed E-state index contributed by atoms with van der Waals surface area (Å²) in [6, 6.07) is 6.17. The van der Waals surface area contributed by atoms with Crippen LogP contribution in [-0.2, 0) is 20.7 Å². The van der Waals surface area contributed by atoms with Crippen molar-refractivity contribution < 1.29 is 34.1 Å². The van der Waals surface area contributed by atoms with Gasteiger partial charge in [-0.3, -0.25) is 19.2 Å². The number of ketones is 3. The number of Topliss-reactive ketones (excluding diaryl/α,β-unsaturated/α-hetero) is 1. The van der Waals surface area contributed by atoms with Crippen LogP contribution >= 0.6 is 0 Å². The Bertz CT molecular complexity index is 1170. The molecule has 0 spiro atoms. The molecule has 2 atom stereocenters. The van der Waals surface area contributed by atoms with Crippen molar-refractivity contribution in [2.75, 3.05) is 5.73 Å². The molecule has 0 saturated heterocycles. The van der Waals surface area contributed by atoms with Gasteiger partial charge in [-0.05, 0) is 12.5 Å². The molecule has 0 aromatic heterocycles. The molecule has 0 heterocycles. The zero-order valence-corrected chi connectivity index (χ0v) is 16.3. The minimum atomic E-state index is -1.69. The normalized spacial score (nSPS) is 22.0. The number of nitrogen functional groups attached to an aromatic ring is 1. The number of phenols is 1. The molecule has 0 fully saturated rings. The van der Waals surface area contributed by atoms with E-state index in [0.717, 1.165) is 6.92 Å². The maximum absolute atomic E-state index is 13.1. The molecule has 4 rings (SSSR count). The Morgan fingerprint density at radius 2 is 1.67 bits per heavy atom. The molecule has 4 N–H and O–H groups in total. The summed E-state index contributed by atoms with van der Waals surface area (Å²) in [4.78, 5) is 50.1.